The number of nitrogens with zero attached hydrogens (tertiary/aromatic N) is 2. The lowest BCUT2D eigenvalue weighted by Gasteiger charge is -2.35. The molecule has 0 bridgehead atoms. The van der Waals surface area contributed by atoms with Crippen LogP contribution in [0.2, 0.25) is 0 Å². The minimum absolute atomic E-state index is 0.255. The number of hydrogen-bond donors (Lipinski definition) is 1. The first-order valence-corrected chi connectivity index (χ1v) is 10.8. The number of aliphatic imine (C=N–C) groups is 1. The molecule has 2 saturated heterocycles. The van der Waals surface area contributed by atoms with Crippen LogP contribution in [0, 0.1) is 5.82 Å². The van der Waals surface area contributed by atoms with E-state index in [4.69, 9.17) is 19.2 Å². The highest BCUT2D eigenvalue weighted by Gasteiger charge is 2.23. The molecule has 0 radical (unpaired) electrons. The van der Waals surface area contributed by atoms with E-state index < -0.39 is 0 Å². The van der Waals surface area contributed by atoms with E-state index in [9.17, 15) is 4.39 Å². The summed E-state index contributed by atoms with van der Waals surface area (Å²) in [6.07, 6.45) is 6.04. The second-order valence-corrected chi connectivity index (χ2v) is 7.65. The molecule has 2 aliphatic heterocycles. The second-order valence-electron chi connectivity index (χ2n) is 7.65. The normalized spacial score (nSPS) is 21.3. The summed E-state index contributed by atoms with van der Waals surface area (Å²) < 4.78 is 30.7. The Kier molecular flexibility index (Phi) is 8.55. The Morgan fingerprint density at radius 3 is 2.76 bits per heavy atom. The van der Waals surface area contributed by atoms with Gasteiger partial charge in [-0.25, -0.2) is 9.38 Å². The van der Waals surface area contributed by atoms with Gasteiger partial charge in [0.05, 0.1) is 32.5 Å². The molecule has 0 aliphatic carbocycles. The van der Waals surface area contributed by atoms with Gasteiger partial charge in [0, 0.05) is 26.2 Å². The third kappa shape index (κ3) is 6.57. The average Bonchev–Trinajstić information content (AvgIpc) is 2.76. The zero-order valence-corrected chi connectivity index (χ0v) is 17.7. The molecule has 1 atom stereocenters. The van der Waals surface area contributed by atoms with Gasteiger partial charge in [0.25, 0.3) is 0 Å². The maximum absolute atomic E-state index is 13.9. The maximum Gasteiger partial charge on any atom is 0.194 e. The number of halogens is 1. The van der Waals surface area contributed by atoms with E-state index in [1.165, 1.54) is 26.0 Å². The first-order chi connectivity index (χ1) is 14.2. The summed E-state index contributed by atoms with van der Waals surface area (Å²) in [4.78, 5) is 6.98. The minimum Gasteiger partial charge on any atom is -0.494 e. The van der Waals surface area contributed by atoms with Crippen LogP contribution in [0.4, 0.5) is 4.39 Å². The van der Waals surface area contributed by atoms with E-state index in [0.29, 0.717) is 13.2 Å². The fraction of sp³-hybridized carbons (Fsp3) is 0.682. The van der Waals surface area contributed by atoms with Crippen molar-refractivity contribution in [2.45, 2.75) is 57.8 Å². The molecule has 3 rings (SSSR count). The van der Waals surface area contributed by atoms with Crippen LogP contribution in [0.25, 0.3) is 0 Å². The third-order valence-corrected chi connectivity index (χ3v) is 5.50. The number of hydrogen-bond acceptors (Lipinski definition) is 4. The quantitative estimate of drug-likeness (QED) is 0.555. The molecule has 1 N–H and O–H groups in total. The van der Waals surface area contributed by atoms with E-state index in [1.54, 1.807) is 6.07 Å². The molecule has 2 heterocycles. The van der Waals surface area contributed by atoms with Crippen molar-refractivity contribution in [3.8, 4) is 5.75 Å². The molecular formula is C22H34FN3O3. The first kappa shape index (κ1) is 21.8. The van der Waals surface area contributed by atoms with Crippen molar-refractivity contribution in [2.24, 2.45) is 4.99 Å². The minimum atomic E-state index is -0.356. The third-order valence-electron chi connectivity index (χ3n) is 5.50. The first-order valence-electron chi connectivity index (χ1n) is 10.8. The molecule has 1 aromatic carbocycles. The maximum atomic E-state index is 13.9. The molecule has 162 valence electrons. The largest absolute Gasteiger partial charge is 0.494 e. The van der Waals surface area contributed by atoms with Gasteiger partial charge in [-0.05, 0) is 56.7 Å². The number of nitrogens with one attached hydrogen (secondary N) is 1. The number of methoxy groups -OCH3 is 1. The molecule has 1 aromatic rings. The van der Waals surface area contributed by atoms with Crippen LogP contribution in [0.15, 0.2) is 23.2 Å². The lowest BCUT2D eigenvalue weighted by atomic mass is 10.1. The number of rotatable bonds is 7. The Hall–Kier alpha value is -1.86. The van der Waals surface area contributed by atoms with Gasteiger partial charge in [0.1, 0.15) is 0 Å². The molecule has 6 nitrogen and oxygen atoms in total. The van der Waals surface area contributed by atoms with Crippen LogP contribution in [0.3, 0.4) is 0 Å². The Labute approximate surface area is 173 Å². The van der Waals surface area contributed by atoms with Gasteiger partial charge in [-0.15, -0.1) is 0 Å². The molecule has 0 aromatic heterocycles. The van der Waals surface area contributed by atoms with Crippen molar-refractivity contribution in [1.82, 2.24) is 10.2 Å². The Morgan fingerprint density at radius 2 is 2.10 bits per heavy atom. The van der Waals surface area contributed by atoms with Gasteiger partial charge in [-0.3, -0.25) is 0 Å². The molecule has 1 unspecified atom stereocenters. The fourth-order valence-electron chi connectivity index (χ4n) is 3.82. The van der Waals surface area contributed by atoms with Gasteiger partial charge in [0.2, 0.25) is 0 Å². The predicted octanol–water partition coefficient (Wildman–Crippen LogP) is 3.35. The van der Waals surface area contributed by atoms with Gasteiger partial charge in [0.15, 0.2) is 17.5 Å². The van der Waals surface area contributed by atoms with Gasteiger partial charge in [-0.2, -0.15) is 0 Å². The average molecular weight is 408 g/mol. The van der Waals surface area contributed by atoms with Gasteiger partial charge in [-0.1, -0.05) is 6.07 Å². The zero-order valence-electron chi connectivity index (χ0n) is 17.7. The Morgan fingerprint density at radius 1 is 1.28 bits per heavy atom. The van der Waals surface area contributed by atoms with Crippen LogP contribution in [0.5, 0.6) is 5.75 Å². The van der Waals surface area contributed by atoms with E-state index in [-0.39, 0.29) is 23.8 Å². The second kappa shape index (κ2) is 11.4. The van der Waals surface area contributed by atoms with Gasteiger partial charge >= 0.3 is 0 Å². The van der Waals surface area contributed by atoms with Crippen LogP contribution < -0.4 is 10.1 Å². The molecule has 2 aliphatic rings. The van der Waals surface area contributed by atoms with Gasteiger partial charge < -0.3 is 24.4 Å². The summed E-state index contributed by atoms with van der Waals surface area (Å²) in [6.45, 7) is 6.67. The molecule has 29 heavy (non-hydrogen) atoms. The standard InChI is InChI=1S/C22H34FN3O3/c1-3-24-22(25-15-17-7-8-21(27-2)20(23)14-17)26-11-9-18(10-12-26)29-16-19-6-4-5-13-28-19/h7-8,14,18-19H,3-6,9-13,15-16H2,1-2H3,(H,24,25). The summed E-state index contributed by atoms with van der Waals surface area (Å²) >= 11 is 0. The van der Waals surface area contributed by atoms with Crippen LogP contribution >= 0.6 is 0 Å². The SMILES string of the molecule is CCNC(=NCc1ccc(OC)c(F)c1)N1CCC(OCC2CCCCO2)CC1. The Bertz CT molecular complexity index is 657. The highest BCUT2D eigenvalue weighted by Crippen LogP contribution is 2.20. The van der Waals surface area contributed by atoms with Crippen LogP contribution in [-0.4, -0.2) is 63.0 Å². The summed E-state index contributed by atoms with van der Waals surface area (Å²) in [5.74, 6) is 0.772. The summed E-state index contributed by atoms with van der Waals surface area (Å²) in [5.41, 5.74) is 0.824. The number of benzene rings is 1. The summed E-state index contributed by atoms with van der Waals surface area (Å²) in [7, 11) is 1.47. The number of guanidine groups is 1. The summed E-state index contributed by atoms with van der Waals surface area (Å²) in [5, 5.41) is 3.35. The van der Waals surface area contributed by atoms with E-state index in [1.807, 2.05) is 6.07 Å². The molecule has 0 amide bonds. The number of likely N-dealkylation sites (tertiary alicyclic amines) is 1. The van der Waals surface area contributed by atoms with Crippen molar-refractivity contribution < 1.29 is 18.6 Å². The smallest absolute Gasteiger partial charge is 0.194 e. The van der Waals surface area contributed by atoms with Crippen molar-refractivity contribution in [3.05, 3.63) is 29.6 Å². The van der Waals surface area contributed by atoms with Crippen LogP contribution in [0.1, 0.15) is 44.6 Å². The number of piperidine rings is 1. The molecule has 0 spiro atoms. The highest BCUT2D eigenvalue weighted by molar-refractivity contribution is 5.80. The van der Waals surface area contributed by atoms with E-state index in [0.717, 1.165) is 57.0 Å². The zero-order chi connectivity index (χ0) is 20.5. The monoisotopic (exact) mass is 407 g/mol. The van der Waals surface area contributed by atoms with Crippen molar-refractivity contribution in [3.63, 3.8) is 0 Å². The lowest BCUT2D eigenvalue weighted by molar-refractivity contribution is -0.0721. The van der Waals surface area contributed by atoms with E-state index in [2.05, 4.69) is 17.1 Å². The molecule has 7 heteroatoms. The topological polar surface area (TPSA) is 55.3 Å². The lowest BCUT2D eigenvalue weighted by Crippen LogP contribution is -2.47. The van der Waals surface area contributed by atoms with Crippen molar-refractivity contribution in [2.75, 3.05) is 40.0 Å². The van der Waals surface area contributed by atoms with Crippen LogP contribution in [-0.2, 0) is 16.0 Å². The predicted molar refractivity (Wildman–Crippen MR) is 112 cm³/mol. The Balaban J connectivity index is 1.49. The molecule has 0 saturated carbocycles. The molecular weight excluding hydrogens is 373 g/mol. The number of ether oxygens (including phenoxy) is 3. The van der Waals surface area contributed by atoms with Crippen molar-refractivity contribution >= 4 is 5.96 Å². The highest BCUT2D eigenvalue weighted by atomic mass is 19.1. The fourth-order valence-corrected chi connectivity index (χ4v) is 3.82. The molecule has 2 fully saturated rings. The summed E-state index contributed by atoms with van der Waals surface area (Å²) in [6, 6.07) is 4.98. The van der Waals surface area contributed by atoms with E-state index >= 15 is 0 Å². The van der Waals surface area contributed by atoms with Crippen molar-refractivity contribution in [1.29, 1.82) is 0 Å².